The van der Waals surface area contributed by atoms with E-state index in [1.54, 1.807) is 0 Å². The summed E-state index contributed by atoms with van der Waals surface area (Å²) >= 11 is 0.457. The Kier molecular flexibility index (Phi) is 5.20. The Morgan fingerprint density at radius 3 is 2.53 bits per heavy atom. The van der Waals surface area contributed by atoms with Gasteiger partial charge in [-0.05, 0) is 0 Å². The van der Waals surface area contributed by atoms with Gasteiger partial charge in [0.15, 0.2) is 0 Å². The molecular formula is C16H22O2Se. The summed E-state index contributed by atoms with van der Waals surface area (Å²) in [6, 6.07) is 4.43. The molecule has 1 unspecified atom stereocenters. The Balaban J connectivity index is 1.78. The van der Waals surface area contributed by atoms with Gasteiger partial charge < -0.3 is 0 Å². The van der Waals surface area contributed by atoms with Crippen molar-refractivity contribution in [1.82, 2.24) is 0 Å². The predicted octanol–water partition coefficient (Wildman–Crippen LogP) is 3.33. The van der Waals surface area contributed by atoms with Gasteiger partial charge in [-0.25, -0.2) is 0 Å². The molecule has 0 radical (unpaired) electrons. The number of ether oxygens (including phenoxy) is 1. The third-order valence-corrected chi connectivity index (χ3v) is 6.14. The van der Waals surface area contributed by atoms with Crippen LogP contribution in [0.25, 0.3) is 0 Å². The molecule has 1 fully saturated rings. The molecule has 0 bridgehead atoms. The van der Waals surface area contributed by atoms with Gasteiger partial charge in [0.2, 0.25) is 0 Å². The van der Waals surface area contributed by atoms with Crippen LogP contribution in [0.5, 0.6) is 0 Å². The van der Waals surface area contributed by atoms with Crippen LogP contribution in [0, 0.1) is 20.8 Å². The molecule has 0 N–H and O–H groups in total. The minimum absolute atomic E-state index is 0.442. The average molecular weight is 325 g/mol. The second-order valence-electron chi connectivity index (χ2n) is 5.41. The number of hydrogen-bond acceptors (Lipinski definition) is 2. The third-order valence-electron chi connectivity index (χ3n) is 3.67. The molecule has 104 valence electrons. The van der Waals surface area contributed by atoms with Crippen molar-refractivity contribution in [3.05, 3.63) is 34.4 Å². The van der Waals surface area contributed by atoms with E-state index in [0.29, 0.717) is 32.2 Å². The molecule has 2 nitrogen and oxygen atoms in total. The molecule has 1 aliphatic rings. The van der Waals surface area contributed by atoms with Crippen LogP contribution in [0.4, 0.5) is 0 Å². The van der Waals surface area contributed by atoms with Crippen LogP contribution in [0.3, 0.4) is 0 Å². The molecule has 1 aromatic rings. The van der Waals surface area contributed by atoms with Gasteiger partial charge in [0.1, 0.15) is 0 Å². The van der Waals surface area contributed by atoms with Crippen LogP contribution < -0.4 is 0 Å². The van der Waals surface area contributed by atoms with Crippen molar-refractivity contribution in [2.75, 3.05) is 5.51 Å². The van der Waals surface area contributed by atoms with Gasteiger partial charge in [-0.3, -0.25) is 0 Å². The molecular weight excluding hydrogens is 303 g/mol. The molecule has 0 spiro atoms. The molecule has 0 heterocycles. The number of ketones is 1. The normalized spacial score (nSPS) is 19.1. The van der Waals surface area contributed by atoms with Gasteiger partial charge in [-0.2, -0.15) is 0 Å². The third kappa shape index (κ3) is 4.17. The van der Waals surface area contributed by atoms with Crippen LogP contribution in [-0.2, 0) is 16.1 Å². The van der Waals surface area contributed by atoms with Crippen LogP contribution in [-0.4, -0.2) is 26.2 Å². The molecule has 0 amide bonds. The van der Waals surface area contributed by atoms with Gasteiger partial charge >= 0.3 is 122 Å². The molecule has 1 aromatic carbocycles. The molecule has 0 aliphatic heterocycles. The van der Waals surface area contributed by atoms with Crippen molar-refractivity contribution in [3.63, 3.8) is 0 Å². The maximum atomic E-state index is 11.2. The van der Waals surface area contributed by atoms with Gasteiger partial charge in [0, 0.05) is 0 Å². The fraction of sp³-hybridized carbons (Fsp3) is 0.562. The number of carbonyl (C=O) groups is 1. The topological polar surface area (TPSA) is 26.3 Å². The average Bonchev–Trinajstić information content (AvgIpc) is 2.73. The standard InChI is InChI=1S/C16H22O2Se/c1-11-6-12(2)16(13(3)7-11)9-18-10-19-15-5-4-14(17)8-15/h6-7,15H,4-5,8-10H2,1-3H3. The Morgan fingerprint density at radius 2 is 1.95 bits per heavy atom. The van der Waals surface area contributed by atoms with Gasteiger partial charge in [0.05, 0.1) is 0 Å². The van der Waals surface area contributed by atoms with Crippen LogP contribution in [0.1, 0.15) is 41.5 Å². The Hall–Kier alpha value is -0.631. The fourth-order valence-electron chi connectivity index (χ4n) is 2.65. The van der Waals surface area contributed by atoms with Crippen molar-refractivity contribution >= 4 is 20.7 Å². The summed E-state index contributed by atoms with van der Waals surface area (Å²) in [6.45, 7) is 7.14. The van der Waals surface area contributed by atoms with Crippen LogP contribution in [0.15, 0.2) is 12.1 Å². The molecule has 3 heteroatoms. The first-order valence-corrected chi connectivity index (χ1v) is 9.04. The van der Waals surface area contributed by atoms with Crippen molar-refractivity contribution in [1.29, 1.82) is 0 Å². The van der Waals surface area contributed by atoms with E-state index in [1.807, 2.05) is 0 Å². The summed E-state index contributed by atoms with van der Waals surface area (Å²) in [7, 11) is 0. The first kappa shape index (κ1) is 14.8. The Morgan fingerprint density at radius 1 is 1.26 bits per heavy atom. The van der Waals surface area contributed by atoms with E-state index in [0.717, 1.165) is 24.8 Å². The molecule has 19 heavy (non-hydrogen) atoms. The quantitative estimate of drug-likeness (QED) is 0.613. The second kappa shape index (κ2) is 6.69. The second-order valence-corrected chi connectivity index (χ2v) is 8.01. The predicted molar refractivity (Wildman–Crippen MR) is 78.7 cm³/mol. The molecule has 0 aromatic heterocycles. The molecule has 1 saturated carbocycles. The molecule has 2 rings (SSSR count). The number of rotatable bonds is 5. The summed E-state index contributed by atoms with van der Waals surface area (Å²) in [6.07, 6.45) is 2.68. The monoisotopic (exact) mass is 326 g/mol. The molecule has 0 saturated heterocycles. The summed E-state index contributed by atoms with van der Waals surface area (Å²) in [4.78, 5) is 11.8. The molecule has 1 aliphatic carbocycles. The zero-order valence-corrected chi connectivity index (χ0v) is 13.7. The number of aryl methyl sites for hydroxylation is 3. The van der Waals surface area contributed by atoms with E-state index < -0.39 is 0 Å². The summed E-state index contributed by atoms with van der Waals surface area (Å²) in [5, 5.41) is 0. The zero-order valence-electron chi connectivity index (χ0n) is 12.0. The van der Waals surface area contributed by atoms with Crippen molar-refractivity contribution in [3.8, 4) is 0 Å². The summed E-state index contributed by atoms with van der Waals surface area (Å²) in [5.41, 5.74) is 6.11. The number of hydrogen-bond donors (Lipinski definition) is 0. The Bertz CT molecular complexity index is 445. The summed E-state index contributed by atoms with van der Waals surface area (Å²) in [5.74, 6) is 0.442. The maximum absolute atomic E-state index is 11.2. The van der Waals surface area contributed by atoms with Gasteiger partial charge in [-0.15, -0.1) is 0 Å². The number of benzene rings is 1. The first-order chi connectivity index (χ1) is 9.06. The Labute approximate surface area is 122 Å². The van der Waals surface area contributed by atoms with E-state index in [1.165, 1.54) is 22.3 Å². The number of carbonyl (C=O) groups excluding carboxylic acids is 1. The van der Waals surface area contributed by atoms with Gasteiger partial charge in [0.25, 0.3) is 0 Å². The number of Topliss-reactive ketones (excluding diaryl/α,β-unsaturated/α-hetero) is 1. The van der Waals surface area contributed by atoms with Crippen molar-refractivity contribution in [2.45, 2.75) is 51.5 Å². The SMILES string of the molecule is Cc1cc(C)c(COC[Se]C2CCC(=O)C2)c(C)c1. The van der Waals surface area contributed by atoms with Crippen molar-refractivity contribution < 1.29 is 9.53 Å². The van der Waals surface area contributed by atoms with E-state index in [4.69, 9.17) is 4.74 Å². The van der Waals surface area contributed by atoms with E-state index in [9.17, 15) is 4.79 Å². The molecule has 1 atom stereocenters. The van der Waals surface area contributed by atoms with Crippen LogP contribution >= 0.6 is 0 Å². The van der Waals surface area contributed by atoms with Crippen LogP contribution in [0.2, 0.25) is 4.82 Å². The zero-order chi connectivity index (χ0) is 13.8. The van der Waals surface area contributed by atoms with E-state index in [-0.39, 0.29) is 0 Å². The summed E-state index contributed by atoms with van der Waals surface area (Å²) < 4.78 is 5.83. The van der Waals surface area contributed by atoms with E-state index >= 15 is 0 Å². The fourth-order valence-corrected chi connectivity index (χ4v) is 4.66. The van der Waals surface area contributed by atoms with Gasteiger partial charge in [-0.1, -0.05) is 0 Å². The van der Waals surface area contributed by atoms with E-state index in [2.05, 4.69) is 32.9 Å². The first-order valence-electron chi connectivity index (χ1n) is 6.84. The minimum atomic E-state index is 0.442. The van der Waals surface area contributed by atoms with Crippen molar-refractivity contribution in [2.24, 2.45) is 0 Å².